The first kappa shape index (κ1) is 16.5. The van der Waals surface area contributed by atoms with Gasteiger partial charge in [0.05, 0.1) is 5.60 Å². The predicted octanol–water partition coefficient (Wildman–Crippen LogP) is 1.63. The van der Waals surface area contributed by atoms with Gasteiger partial charge in [-0.1, -0.05) is 32.0 Å². The molecule has 5 heteroatoms. The molecule has 0 unspecified atom stereocenters. The van der Waals surface area contributed by atoms with Crippen LogP contribution in [-0.2, 0) is 16.0 Å². The van der Waals surface area contributed by atoms with Gasteiger partial charge in [-0.05, 0) is 24.5 Å². The number of rotatable bonds is 5. The zero-order valence-electron chi connectivity index (χ0n) is 13.4. The van der Waals surface area contributed by atoms with Gasteiger partial charge >= 0.3 is 0 Å². The van der Waals surface area contributed by atoms with E-state index in [2.05, 4.69) is 5.32 Å². The molecule has 1 aromatic carbocycles. The topological polar surface area (TPSA) is 69.6 Å². The monoisotopic (exact) mass is 304 g/mol. The number of benzene rings is 1. The summed E-state index contributed by atoms with van der Waals surface area (Å²) in [5, 5.41) is 13.1. The summed E-state index contributed by atoms with van der Waals surface area (Å²) in [6.07, 6.45) is 1.66. The number of nitrogens with zero attached hydrogens (tertiary/aromatic N) is 1. The van der Waals surface area contributed by atoms with Crippen molar-refractivity contribution in [1.29, 1.82) is 0 Å². The molecule has 1 aliphatic heterocycles. The van der Waals surface area contributed by atoms with E-state index in [9.17, 15) is 14.7 Å². The third-order valence-electron chi connectivity index (χ3n) is 4.53. The summed E-state index contributed by atoms with van der Waals surface area (Å²) in [6.45, 7) is 5.46. The van der Waals surface area contributed by atoms with E-state index in [1.807, 2.05) is 38.1 Å². The van der Waals surface area contributed by atoms with Gasteiger partial charge in [0.15, 0.2) is 0 Å². The molecule has 0 aromatic heterocycles. The molecule has 0 radical (unpaired) electrons. The fraction of sp³-hybridized carbons (Fsp3) is 0.529. The van der Waals surface area contributed by atoms with Crippen molar-refractivity contribution in [1.82, 2.24) is 5.32 Å². The summed E-state index contributed by atoms with van der Waals surface area (Å²) in [4.78, 5) is 26.0. The van der Waals surface area contributed by atoms with Crippen LogP contribution in [0.1, 0.15) is 39.2 Å². The smallest absolute Gasteiger partial charge is 0.243 e. The van der Waals surface area contributed by atoms with Crippen LogP contribution in [0.3, 0.4) is 0 Å². The van der Waals surface area contributed by atoms with Gasteiger partial charge in [-0.2, -0.15) is 0 Å². The second-order valence-corrected chi connectivity index (χ2v) is 5.89. The lowest BCUT2D eigenvalue weighted by Crippen LogP contribution is -2.51. The van der Waals surface area contributed by atoms with Gasteiger partial charge in [0, 0.05) is 25.6 Å². The van der Waals surface area contributed by atoms with Crippen molar-refractivity contribution in [3.8, 4) is 0 Å². The number of carbonyl (C=O) groups excluding carboxylic acids is 2. The van der Waals surface area contributed by atoms with Gasteiger partial charge in [-0.15, -0.1) is 0 Å². The Hall–Kier alpha value is -1.88. The van der Waals surface area contributed by atoms with Crippen LogP contribution in [0.2, 0.25) is 0 Å². The Morgan fingerprint density at radius 2 is 1.95 bits per heavy atom. The number of fused-ring (bicyclic) bond motifs is 1. The number of hydrogen-bond donors (Lipinski definition) is 2. The quantitative estimate of drug-likeness (QED) is 0.868. The summed E-state index contributed by atoms with van der Waals surface area (Å²) >= 11 is 0. The van der Waals surface area contributed by atoms with Gasteiger partial charge in [0.1, 0.15) is 6.04 Å². The minimum atomic E-state index is -0.887. The molecule has 0 aliphatic carbocycles. The summed E-state index contributed by atoms with van der Waals surface area (Å²) in [6, 6.07) is 7.03. The zero-order valence-corrected chi connectivity index (χ0v) is 13.4. The Morgan fingerprint density at radius 1 is 1.32 bits per heavy atom. The molecule has 1 heterocycles. The minimum Gasteiger partial charge on any atom is -0.388 e. The molecule has 2 N–H and O–H groups in total. The van der Waals surface area contributed by atoms with Crippen LogP contribution in [0.5, 0.6) is 0 Å². The molecule has 22 heavy (non-hydrogen) atoms. The van der Waals surface area contributed by atoms with Crippen LogP contribution in [-0.4, -0.2) is 35.1 Å². The van der Waals surface area contributed by atoms with Crippen molar-refractivity contribution in [3.63, 3.8) is 0 Å². The van der Waals surface area contributed by atoms with Crippen LogP contribution in [0.15, 0.2) is 24.3 Å². The van der Waals surface area contributed by atoms with Crippen LogP contribution < -0.4 is 10.2 Å². The molecule has 2 amide bonds. The van der Waals surface area contributed by atoms with Crippen LogP contribution >= 0.6 is 0 Å². The molecule has 1 aromatic rings. The first-order chi connectivity index (χ1) is 10.4. The van der Waals surface area contributed by atoms with Gasteiger partial charge in [-0.3, -0.25) is 14.5 Å². The number of carbonyl (C=O) groups is 2. The number of aliphatic hydroxyl groups is 1. The second-order valence-electron chi connectivity index (χ2n) is 5.89. The Morgan fingerprint density at radius 3 is 2.55 bits per heavy atom. The maximum Gasteiger partial charge on any atom is 0.243 e. The van der Waals surface area contributed by atoms with Gasteiger partial charge in [0.25, 0.3) is 0 Å². The van der Waals surface area contributed by atoms with Crippen molar-refractivity contribution in [3.05, 3.63) is 29.8 Å². The van der Waals surface area contributed by atoms with E-state index in [1.54, 1.807) is 4.90 Å². The molecule has 120 valence electrons. The second kappa shape index (κ2) is 6.48. The summed E-state index contributed by atoms with van der Waals surface area (Å²) in [5.41, 5.74) is 0.915. The summed E-state index contributed by atoms with van der Waals surface area (Å²) in [5.74, 6) is -0.363. The highest BCUT2D eigenvalue weighted by Gasteiger charge is 2.37. The van der Waals surface area contributed by atoms with Crippen molar-refractivity contribution in [2.45, 2.75) is 51.7 Å². The van der Waals surface area contributed by atoms with Crippen LogP contribution in [0, 0.1) is 0 Å². The fourth-order valence-corrected chi connectivity index (χ4v) is 2.85. The van der Waals surface area contributed by atoms with Crippen LogP contribution in [0.25, 0.3) is 0 Å². The highest BCUT2D eigenvalue weighted by Crippen LogP contribution is 2.32. The van der Waals surface area contributed by atoms with E-state index < -0.39 is 11.6 Å². The Bertz CT molecular complexity index is 567. The number of anilines is 1. The largest absolute Gasteiger partial charge is 0.388 e. The first-order valence-corrected chi connectivity index (χ1v) is 7.79. The average molecular weight is 304 g/mol. The van der Waals surface area contributed by atoms with E-state index in [0.29, 0.717) is 19.3 Å². The summed E-state index contributed by atoms with van der Waals surface area (Å²) < 4.78 is 0. The molecule has 1 aliphatic rings. The first-order valence-electron chi connectivity index (χ1n) is 7.79. The molecule has 2 rings (SSSR count). The number of amides is 2. The van der Waals surface area contributed by atoms with Crippen molar-refractivity contribution >= 4 is 17.5 Å². The molecular formula is C17H24N2O3. The average Bonchev–Trinajstić information content (AvgIpc) is 2.92. The highest BCUT2D eigenvalue weighted by molar-refractivity contribution is 6.02. The van der Waals surface area contributed by atoms with Gasteiger partial charge in [0.2, 0.25) is 11.8 Å². The highest BCUT2D eigenvalue weighted by atomic mass is 16.3. The molecule has 0 saturated carbocycles. The van der Waals surface area contributed by atoms with Crippen molar-refractivity contribution in [2.24, 2.45) is 0 Å². The van der Waals surface area contributed by atoms with E-state index in [1.165, 1.54) is 6.92 Å². The van der Waals surface area contributed by atoms with E-state index in [4.69, 9.17) is 0 Å². The molecule has 0 fully saturated rings. The Kier molecular flexibility index (Phi) is 4.86. The lowest BCUT2D eigenvalue weighted by Gasteiger charge is -2.28. The Labute approximate surface area is 131 Å². The van der Waals surface area contributed by atoms with E-state index >= 15 is 0 Å². The standard InChI is InChI=1S/C17H24N2O3/c1-4-17(22,5-2)11-18-16(21)15-10-13-8-6-7-9-14(13)19(15)12(3)20/h6-9,15,22H,4-5,10-11H2,1-3H3,(H,18,21)/t15-/m0/s1. The predicted molar refractivity (Wildman–Crippen MR) is 85.6 cm³/mol. The van der Waals surface area contributed by atoms with Crippen molar-refractivity contribution < 1.29 is 14.7 Å². The maximum atomic E-state index is 12.5. The molecule has 5 nitrogen and oxygen atoms in total. The van der Waals surface area contributed by atoms with E-state index in [0.717, 1.165) is 11.3 Å². The van der Waals surface area contributed by atoms with Crippen LogP contribution in [0.4, 0.5) is 5.69 Å². The number of para-hydroxylation sites is 1. The molecule has 0 spiro atoms. The zero-order chi connectivity index (χ0) is 16.3. The maximum absolute atomic E-state index is 12.5. The SMILES string of the molecule is CCC(O)(CC)CNC(=O)[C@@H]1Cc2ccccc2N1C(C)=O. The molecule has 0 bridgehead atoms. The lowest BCUT2D eigenvalue weighted by molar-refractivity contribution is -0.126. The summed E-state index contributed by atoms with van der Waals surface area (Å²) in [7, 11) is 0. The molecular weight excluding hydrogens is 280 g/mol. The minimum absolute atomic E-state index is 0.147. The molecule has 1 atom stereocenters. The normalized spacial score (nSPS) is 17.3. The third-order valence-corrected chi connectivity index (χ3v) is 4.53. The van der Waals surface area contributed by atoms with Gasteiger partial charge < -0.3 is 10.4 Å². The van der Waals surface area contributed by atoms with Gasteiger partial charge in [-0.25, -0.2) is 0 Å². The van der Waals surface area contributed by atoms with E-state index in [-0.39, 0.29) is 18.4 Å². The van der Waals surface area contributed by atoms with Crippen molar-refractivity contribution in [2.75, 3.05) is 11.4 Å². The molecule has 0 saturated heterocycles. The number of hydrogen-bond acceptors (Lipinski definition) is 3. The number of nitrogens with one attached hydrogen (secondary N) is 1. The third kappa shape index (κ3) is 3.14. The fourth-order valence-electron chi connectivity index (χ4n) is 2.85. The Balaban J connectivity index is 2.12. The lowest BCUT2D eigenvalue weighted by atomic mass is 9.97.